The summed E-state index contributed by atoms with van der Waals surface area (Å²) in [6.07, 6.45) is -0.635. The molecule has 0 radical (unpaired) electrons. The Balaban J connectivity index is 4.73. The molecule has 0 aromatic heterocycles. The van der Waals surface area contributed by atoms with Crippen molar-refractivity contribution in [3.8, 4) is 0 Å². The van der Waals surface area contributed by atoms with Gasteiger partial charge in [-0.05, 0) is 54.4 Å². The van der Waals surface area contributed by atoms with Crippen LogP contribution in [-0.4, -0.2) is 59.5 Å². The molecule has 0 aromatic carbocycles. The number of alkyl carbamates (subject to hydrolysis) is 2. The molecule has 0 aromatic rings. The number of hydrogen-bond acceptors (Lipinski definition) is 6. The van der Waals surface area contributed by atoms with Crippen LogP contribution >= 0.6 is 0 Å². The van der Waals surface area contributed by atoms with Crippen LogP contribution in [0.1, 0.15) is 60.8 Å². The average molecular weight is 403 g/mol. The molecule has 0 saturated carbocycles. The molecule has 0 aliphatic heterocycles. The molecular weight excluding hydrogens is 370 g/mol. The third kappa shape index (κ3) is 14.6. The third-order valence-corrected chi connectivity index (χ3v) is 2.97. The number of hydrogen-bond donors (Lipinski definition) is 4. The van der Waals surface area contributed by atoms with Gasteiger partial charge >= 0.3 is 18.2 Å². The van der Waals surface area contributed by atoms with Gasteiger partial charge in [0, 0.05) is 13.0 Å². The first kappa shape index (κ1) is 25.5. The Hall–Kier alpha value is -2.52. The number of aliphatic carboxylic acids is 1. The highest BCUT2D eigenvalue weighted by molar-refractivity contribution is 5.86. The van der Waals surface area contributed by atoms with E-state index in [0.29, 0.717) is 12.8 Å². The predicted octanol–water partition coefficient (Wildman–Crippen LogP) is 1.78. The summed E-state index contributed by atoms with van der Waals surface area (Å²) in [5.41, 5.74) is -1.45. The summed E-state index contributed by atoms with van der Waals surface area (Å²) in [6.45, 7) is 10.2. The summed E-state index contributed by atoms with van der Waals surface area (Å²) in [5.74, 6) is -1.44. The SMILES string of the molecule is CC(C)(C)OC(=O)NCC(NC(=O)OC(C)(C)C)C(=O)NCCCCC(=O)O. The lowest BCUT2D eigenvalue weighted by atomic mass is 10.2. The van der Waals surface area contributed by atoms with E-state index in [1.54, 1.807) is 41.5 Å². The molecule has 0 aliphatic carbocycles. The number of carboxylic acid groups (broad SMARTS) is 1. The van der Waals surface area contributed by atoms with Gasteiger partial charge in [-0.3, -0.25) is 9.59 Å². The highest BCUT2D eigenvalue weighted by atomic mass is 16.6. The van der Waals surface area contributed by atoms with Crippen molar-refractivity contribution < 1.29 is 33.8 Å². The second-order valence-corrected chi connectivity index (χ2v) is 8.22. The van der Waals surface area contributed by atoms with Crippen LogP contribution in [0, 0.1) is 0 Å². The van der Waals surface area contributed by atoms with Crippen molar-refractivity contribution in [3.05, 3.63) is 0 Å². The van der Waals surface area contributed by atoms with Gasteiger partial charge in [0.2, 0.25) is 5.91 Å². The summed E-state index contributed by atoms with van der Waals surface area (Å²) < 4.78 is 10.2. The van der Waals surface area contributed by atoms with Gasteiger partial charge in [-0.1, -0.05) is 0 Å². The highest BCUT2D eigenvalue weighted by Gasteiger charge is 2.25. The van der Waals surface area contributed by atoms with Crippen molar-refractivity contribution in [2.45, 2.75) is 78.0 Å². The van der Waals surface area contributed by atoms with Crippen LogP contribution < -0.4 is 16.0 Å². The molecule has 0 saturated heterocycles. The zero-order valence-electron chi connectivity index (χ0n) is 17.5. The molecule has 4 N–H and O–H groups in total. The quantitative estimate of drug-likeness (QED) is 0.430. The van der Waals surface area contributed by atoms with E-state index in [-0.39, 0.29) is 19.5 Å². The molecule has 0 bridgehead atoms. The summed E-state index contributed by atoms with van der Waals surface area (Å²) >= 11 is 0. The van der Waals surface area contributed by atoms with Gasteiger partial charge in [0.25, 0.3) is 0 Å². The molecule has 10 nitrogen and oxygen atoms in total. The number of unbranched alkanes of at least 4 members (excludes halogenated alkanes) is 1. The van der Waals surface area contributed by atoms with Crippen molar-refractivity contribution in [2.75, 3.05) is 13.1 Å². The second-order valence-electron chi connectivity index (χ2n) is 8.22. The van der Waals surface area contributed by atoms with E-state index in [1.165, 1.54) is 0 Å². The fourth-order valence-corrected chi connectivity index (χ4v) is 1.89. The third-order valence-electron chi connectivity index (χ3n) is 2.97. The van der Waals surface area contributed by atoms with E-state index >= 15 is 0 Å². The summed E-state index contributed by atoms with van der Waals surface area (Å²) in [4.78, 5) is 46.6. The minimum absolute atomic E-state index is 0.00958. The van der Waals surface area contributed by atoms with Crippen LogP contribution in [0.5, 0.6) is 0 Å². The standard InChI is InChI=1S/C18H33N3O7/c1-17(2,3)27-15(25)20-11-12(21-16(26)28-18(4,5)6)14(24)19-10-8-7-9-13(22)23/h12H,7-11H2,1-6H3,(H,19,24)(H,20,25)(H,21,26)(H,22,23). The number of rotatable bonds is 9. The summed E-state index contributed by atoms with van der Waals surface area (Å²) in [7, 11) is 0. The first-order chi connectivity index (χ1) is 12.7. The molecule has 0 aliphatic rings. The maximum atomic E-state index is 12.3. The van der Waals surface area contributed by atoms with E-state index in [1.807, 2.05) is 0 Å². The van der Waals surface area contributed by atoms with Gasteiger partial charge in [0.05, 0.1) is 6.54 Å². The fourth-order valence-electron chi connectivity index (χ4n) is 1.89. The maximum absolute atomic E-state index is 12.3. The topological polar surface area (TPSA) is 143 Å². The Morgan fingerprint density at radius 1 is 0.857 bits per heavy atom. The summed E-state index contributed by atoms with van der Waals surface area (Å²) in [6, 6.07) is -1.08. The number of ether oxygens (including phenoxy) is 2. The van der Waals surface area contributed by atoms with Crippen LogP contribution in [0.15, 0.2) is 0 Å². The largest absolute Gasteiger partial charge is 0.481 e. The highest BCUT2D eigenvalue weighted by Crippen LogP contribution is 2.08. The van der Waals surface area contributed by atoms with Gasteiger partial charge in [-0.25, -0.2) is 9.59 Å². The number of nitrogens with one attached hydrogen (secondary N) is 3. The van der Waals surface area contributed by atoms with Gasteiger partial charge in [-0.2, -0.15) is 0 Å². The van der Waals surface area contributed by atoms with E-state index in [4.69, 9.17) is 14.6 Å². The van der Waals surface area contributed by atoms with Crippen LogP contribution in [0.2, 0.25) is 0 Å². The van der Waals surface area contributed by atoms with Crippen LogP contribution in [0.25, 0.3) is 0 Å². The van der Waals surface area contributed by atoms with E-state index in [9.17, 15) is 19.2 Å². The second kappa shape index (κ2) is 11.4. The van der Waals surface area contributed by atoms with Crippen molar-refractivity contribution in [2.24, 2.45) is 0 Å². The van der Waals surface area contributed by atoms with Gasteiger partial charge in [-0.15, -0.1) is 0 Å². The lowest BCUT2D eigenvalue weighted by Crippen LogP contribution is -2.54. The van der Waals surface area contributed by atoms with E-state index < -0.39 is 41.3 Å². The maximum Gasteiger partial charge on any atom is 0.408 e. The monoisotopic (exact) mass is 403 g/mol. The Bertz CT molecular complexity index is 550. The molecule has 162 valence electrons. The normalized spacial score (nSPS) is 12.5. The molecule has 28 heavy (non-hydrogen) atoms. The number of carbonyl (C=O) groups excluding carboxylic acids is 3. The van der Waals surface area contributed by atoms with Gasteiger partial charge in [0.1, 0.15) is 17.2 Å². The molecule has 0 heterocycles. The fraction of sp³-hybridized carbons (Fsp3) is 0.778. The van der Waals surface area contributed by atoms with Crippen LogP contribution in [-0.2, 0) is 19.1 Å². The Morgan fingerprint density at radius 3 is 1.89 bits per heavy atom. The minimum Gasteiger partial charge on any atom is -0.481 e. The van der Waals surface area contributed by atoms with E-state index in [2.05, 4.69) is 16.0 Å². The average Bonchev–Trinajstić information content (AvgIpc) is 2.46. The minimum atomic E-state index is -1.08. The molecule has 0 spiro atoms. The molecule has 0 rings (SSSR count). The van der Waals surface area contributed by atoms with Crippen molar-refractivity contribution >= 4 is 24.1 Å². The van der Waals surface area contributed by atoms with E-state index in [0.717, 1.165) is 0 Å². The lowest BCUT2D eigenvalue weighted by Gasteiger charge is -2.24. The smallest absolute Gasteiger partial charge is 0.408 e. The van der Waals surface area contributed by atoms with Crippen molar-refractivity contribution in [1.29, 1.82) is 0 Å². The van der Waals surface area contributed by atoms with Gasteiger partial charge in [0.15, 0.2) is 0 Å². The summed E-state index contributed by atoms with van der Waals surface area (Å²) in [5, 5.41) is 16.1. The molecule has 1 unspecified atom stereocenters. The first-order valence-corrected chi connectivity index (χ1v) is 9.15. The zero-order valence-corrected chi connectivity index (χ0v) is 17.5. The first-order valence-electron chi connectivity index (χ1n) is 9.15. The molecular formula is C18H33N3O7. The predicted molar refractivity (Wildman–Crippen MR) is 102 cm³/mol. The van der Waals surface area contributed by atoms with Crippen molar-refractivity contribution in [3.63, 3.8) is 0 Å². The zero-order chi connectivity index (χ0) is 22.0. The number of amides is 3. The lowest BCUT2D eigenvalue weighted by molar-refractivity contribution is -0.137. The number of carbonyl (C=O) groups is 4. The molecule has 0 fully saturated rings. The van der Waals surface area contributed by atoms with Crippen LogP contribution in [0.4, 0.5) is 9.59 Å². The van der Waals surface area contributed by atoms with Crippen LogP contribution in [0.3, 0.4) is 0 Å². The molecule has 1 atom stereocenters. The Labute approximate surface area is 165 Å². The Morgan fingerprint density at radius 2 is 1.39 bits per heavy atom. The number of carboxylic acids is 1. The van der Waals surface area contributed by atoms with Gasteiger partial charge < -0.3 is 30.5 Å². The van der Waals surface area contributed by atoms with Crippen molar-refractivity contribution in [1.82, 2.24) is 16.0 Å². The molecule has 10 heteroatoms. The molecule has 3 amide bonds. The Kier molecular flexibility index (Phi) is 10.3.